The van der Waals surface area contributed by atoms with Crippen LogP contribution in [0, 0.1) is 5.92 Å². The fourth-order valence-corrected chi connectivity index (χ4v) is 5.45. The average molecular weight is 394 g/mol. The predicted octanol–water partition coefficient (Wildman–Crippen LogP) is 4.64. The van der Waals surface area contributed by atoms with Gasteiger partial charge in [-0.15, -0.1) is 0 Å². The van der Waals surface area contributed by atoms with Crippen molar-refractivity contribution in [3.8, 4) is 11.5 Å². The monoisotopic (exact) mass is 393 g/mol. The van der Waals surface area contributed by atoms with Crippen molar-refractivity contribution in [2.45, 2.75) is 82.6 Å². The maximum atomic E-state index is 12.0. The molecule has 1 aromatic rings. The van der Waals surface area contributed by atoms with Crippen molar-refractivity contribution in [3.05, 3.63) is 28.8 Å². The molecule has 27 heavy (non-hydrogen) atoms. The van der Waals surface area contributed by atoms with Gasteiger partial charge in [0.2, 0.25) is 0 Å². The van der Waals surface area contributed by atoms with Crippen LogP contribution < -0.4 is 4.74 Å². The molecule has 2 aliphatic rings. The lowest BCUT2D eigenvalue weighted by Gasteiger charge is -2.46. The van der Waals surface area contributed by atoms with Crippen LogP contribution >= 0.6 is 0 Å². The Labute approximate surface area is 162 Å². The van der Waals surface area contributed by atoms with Gasteiger partial charge in [-0.3, -0.25) is 0 Å². The van der Waals surface area contributed by atoms with E-state index >= 15 is 0 Å². The lowest BCUT2D eigenvalue weighted by atomic mass is 9.68. The van der Waals surface area contributed by atoms with Gasteiger partial charge in [0, 0.05) is 17.4 Å². The van der Waals surface area contributed by atoms with Crippen molar-refractivity contribution in [3.63, 3.8) is 0 Å². The van der Waals surface area contributed by atoms with Gasteiger partial charge in [0.25, 0.3) is 0 Å². The quantitative estimate of drug-likeness (QED) is 0.447. The van der Waals surface area contributed by atoms with Crippen LogP contribution in [-0.4, -0.2) is 23.7 Å². The fourth-order valence-electron chi connectivity index (χ4n) is 4.62. The largest absolute Gasteiger partial charge is 0.744 e. The van der Waals surface area contributed by atoms with Gasteiger partial charge in [-0.1, -0.05) is 31.4 Å². The summed E-state index contributed by atoms with van der Waals surface area (Å²) in [6.07, 6.45) is 7.03. The summed E-state index contributed by atoms with van der Waals surface area (Å²) >= 11 is 0. The van der Waals surface area contributed by atoms with Gasteiger partial charge < -0.3 is 14.4 Å². The molecule has 0 amide bonds. The molecule has 0 radical (unpaired) electrons. The maximum Gasteiger partial charge on any atom is 0.140 e. The van der Waals surface area contributed by atoms with Crippen molar-refractivity contribution in [1.29, 1.82) is 0 Å². The zero-order chi connectivity index (χ0) is 20.0. The van der Waals surface area contributed by atoms with Gasteiger partial charge in [-0.05, 0) is 58.1 Å². The van der Waals surface area contributed by atoms with Crippen LogP contribution in [0.5, 0.6) is 11.5 Å². The van der Waals surface area contributed by atoms with Crippen LogP contribution in [0.4, 0.5) is 0 Å². The third-order valence-corrected chi connectivity index (χ3v) is 6.93. The highest BCUT2D eigenvalue weighted by Crippen LogP contribution is 2.55. The summed E-state index contributed by atoms with van der Waals surface area (Å²) in [4.78, 5) is -0.462. The van der Waals surface area contributed by atoms with E-state index in [1.165, 1.54) is 5.57 Å². The van der Waals surface area contributed by atoms with Gasteiger partial charge in [-0.25, -0.2) is 8.42 Å². The number of aryl methyl sites for hydroxylation is 1. The van der Waals surface area contributed by atoms with Gasteiger partial charge in [0.15, 0.2) is 0 Å². The minimum atomic E-state index is -4.79. The molecule has 0 aromatic heterocycles. The number of benzene rings is 1. The van der Waals surface area contributed by atoms with E-state index in [4.69, 9.17) is 4.74 Å². The molecule has 3 rings (SSSR count). The van der Waals surface area contributed by atoms with E-state index in [0.29, 0.717) is 23.3 Å². The lowest BCUT2D eigenvalue weighted by Crippen LogP contribution is -2.45. The van der Waals surface area contributed by atoms with Crippen LogP contribution in [0.3, 0.4) is 0 Å². The van der Waals surface area contributed by atoms with Crippen LogP contribution in [0.15, 0.2) is 22.6 Å². The number of phenols is 1. The molecule has 6 heteroatoms. The Hall–Kier alpha value is -1.53. The molecule has 150 valence electrons. The number of allylic oxidation sites excluding steroid dienone is 2. The highest BCUT2D eigenvalue weighted by atomic mass is 32.2. The first kappa shape index (κ1) is 20.2. The summed E-state index contributed by atoms with van der Waals surface area (Å²) < 4.78 is 42.2. The molecule has 2 atom stereocenters. The Morgan fingerprint density at radius 2 is 2.04 bits per heavy atom. The normalized spacial score (nSPS) is 23.8. The van der Waals surface area contributed by atoms with Crippen molar-refractivity contribution in [2.75, 3.05) is 0 Å². The van der Waals surface area contributed by atoms with Crippen LogP contribution in [0.1, 0.15) is 76.8 Å². The molecule has 0 saturated heterocycles. The van der Waals surface area contributed by atoms with Crippen LogP contribution in [0.25, 0.3) is 0 Å². The molecule has 5 nitrogen and oxygen atoms in total. The molecule has 1 heterocycles. The van der Waals surface area contributed by atoms with E-state index in [1.807, 2.05) is 20.8 Å². The lowest BCUT2D eigenvalue weighted by molar-refractivity contribution is 0.0105. The minimum absolute atomic E-state index is 0.118. The van der Waals surface area contributed by atoms with Gasteiger partial charge in [0.05, 0.1) is 4.90 Å². The number of hydrogen-bond acceptors (Lipinski definition) is 5. The Balaban J connectivity index is 2.22. The second-order valence-corrected chi connectivity index (χ2v) is 9.74. The first-order valence-corrected chi connectivity index (χ1v) is 11.2. The summed E-state index contributed by atoms with van der Waals surface area (Å²) in [5, 5.41) is 10.9. The van der Waals surface area contributed by atoms with Gasteiger partial charge in [-0.2, -0.15) is 0 Å². The van der Waals surface area contributed by atoms with E-state index in [-0.39, 0.29) is 11.8 Å². The molecule has 1 aromatic carbocycles. The van der Waals surface area contributed by atoms with E-state index in [0.717, 1.165) is 32.1 Å². The zero-order valence-electron chi connectivity index (χ0n) is 16.5. The number of fused-ring (bicyclic) bond motifs is 3. The first-order valence-electron chi connectivity index (χ1n) is 9.77. The molecular formula is C21H29O5S-. The molecule has 1 aliphatic carbocycles. The van der Waals surface area contributed by atoms with E-state index < -0.39 is 26.4 Å². The zero-order valence-corrected chi connectivity index (χ0v) is 17.4. The number of ether oxygens (including phenoxy) is 1. The minimum Gasteiger partial charge on any atom is -0.744 e. The molecule has 1 N–H and O–H groups in total. The average Bonchev–Trinajstić information content (AvgIpc) is 2.52. The summed E-state index contributed by atoms with van der Waals surface area (Å²) in [5.74, 6) is 0.0597. The summed E-state index contributed by atoms with van der Waals surface area (Å²) in [6.45, 7) is 8.17. The third kappa shape index (κ3) is 3.74. The standard InChI is InChI=1S/C21H30O5S/c1-5-6-7-8-14-12-17-18(19(22)20(14)27(23,24)25)15-11-13(2)9-10-16(15)21(3,4)26-17/h11-12,15-16,22H,5-10H2,1-4H3,(H,23,24,25)/p-1/t15-,16-/m1/s1. The first-order chi connectivity index (χ1) is 12.6. The molecular weight excluding hydrogens is 364 g/mol. The number of aromatic hydroxyl groups is 1. The highest BCUT2D eigenvalue weighted by Gasteiger charge is 2.46. The summed E-state index contributed by atoms with van der Waals surface area (Å²) in [5.41, 5.74) is 1.59. The molecule has 0 bridgehead atoms. The Bertz CT molecular complexity index is 867. The predicted molar refractivity (Wildman–Crippen MR) is 103 cm³/mol. The van der Waals surface area contributed by atoms with Gasteiger partial charge >= 0.3 is 0 Å². The molecule has 0 unspecified atom stereocenters. The fraction of sp³-hybridized carbons (Fsp3) is 0.619. The Kier molecular flexibility index (Phi) is 5.34. The number of phenolic OH excluding ortho intramolecular Hbond substituents is 1. The number of hydrogen-bond donors (Lipinski definition) is 1. The molecule has 0 saturated carbocycles. The summed E-state index contributed by atoms with van der Waals surface area (Å²) in [6, 6.07) is 1.67. The Morgan fingerprint density at radius 1 is 1.33 bits per heavy atom. The third-order valence-electron chi connectivity index (χ3n) is 5.98. The molecule has 1 aliphatic heterocycles. The van der Waals surface area contributed by atoms with Crippen molar-refractivity contribution < 1.29 is 22.8 Å². The smallest absolute Gasteiger partial charge is 0.140 e. The topological polar surface area (TPSA) is 86.7 Å². The Morgan fingerprint density at radius 3 is 2.67 bits per heavy atom. The molecule has 0 fully saturated rings. The van der Waals surface area contributed by atoms with E-state index in [9.17, 15) is 18.1 Å². The molecule has 0 spiro atoms. The SMILES string of the molecule is CCCCCc1cc2c(c(O)c1S(=O)(=O)[O-])[C@@H]1C=C(C)CC[C@H]1C(C)(C)O2. The van der Waals surface area contributed by atoms with E-state index in [1.54, 1.807) is 6.07 Å². The van der Waals surface area contributed by atoms with Crippen LogP contribution in [-0.2, 0) is 16.5 Å². The second-order valence-electron chi connectivity index (χ2n) is 8.43. The van der Waals surface area contributed by atoms with Crippen molar-refractivity contribution in [2.24, 2.45) is 5.92 Å². The second kappa shape index (κ2) is 7.13. The summed E-state index contributed by atoms with van der Waals surface area (Å²) in [7, 11) is -4.79. The van der Waals surface area contributed by atoms with Gasteiger partial charge in [0.1, 0.15) is 27.2 Å². The van der Waals surface area contributed by atoms with Crippen molar-refractivity contribution in [1.82, 2.24) is 0 Å². The maximum absolute atomic E-state index is 12.0. The van der Waals surface area contributed by atoms with Crippen LogP contribution in [0.2, 0.25) is 0 Å². The van der Waals surface area contributed by atoms with E-state index in [2.05, 4.69) is 13.0 Å². The number of rotatable bonds is 5. The number of unbranched alkanes of at least 4 members (excludes halogenated alkanes) is 2. The van der Waals surface area contributed by atoms with Crippen molar-refractivity contribution >= 4 is 10.1 Å². The highest BCUT2D eigenvalue weighted by molar-refractivity contribution is 7.86.